The summed E-state index contributed by atoms with van der Waals surface area (Å²) in [6, 6.07) is 5.52. The second-order valence-corrected chi connectivity index (χ2v) is 6.92. The van der Waals surface area contributed by atoms with E-state index in [0.29, 0.717) is 18.5 Å². The summed E-state index contributed by atoms with van der Waals surface area (Å²) in [5.74, 6) is 0.586. The van der Waals surface area contributed by atoms with E-state index in [0.717, 1.165) is 23.0 Å². The molecule has 0 aromatic heterocycles. The molecule has 0 aliphatic heterocycles. The van der Waals surface area contributed by atoms with Crippen LogP contribution >= 0.6 is 15.9 Å². The second-order valence-electron chi connectivity index (χ2n) is 6.00. The summed E-state index contributed by atoms with van der Waals surface area (Å²) >= 11 is 3.28. The van der Waals surface area contributed by atoms with Gasteiger partial charge in [0.15, 0.2) is 0 Å². The number of nitro benzene ring substituents is 1. The van der Waals surface area contributed by atoms with E-state index in [1.54, 1.807) is 12.1 Å². The summed E-state index contributed by atoms with van der Waals surface area (Å²) in [7, 11) is 4.08. The Morgan fingerprint density at radius 2 is 2.05 bits per heavy atom. The van der Waals surface area contributed by atoms with Gasteiger partial charge in [0.2, 0.25) is 0 Å². The lowest BCUT2D eigenvalue weighted by Gasteiger charge is -2.24. The number of hydrogen-bond donors (Lipinski definition) is 1. The Morgan fingerprint density at radius 1 is 1.38 bits per heavy atom. The van der Waals surface area contributed by atoms with E-state index >= 15 is 0 Å². The molecule has 0 heterocycles. The van der Waals surface area contributed by atoms with Gasteiger partial charge in [0.05, 0.1) is 4.92 Å². The highest BCUT2D eigenvalue weighted by Gasteiger charge is 2.17. The minimum absolute atomic E-state index is 0.157. The van der Waals surface area contributed by atoms with Gasteiger partial charge >= 0.3 is 0 Å². The molecule has 1 aromatic rings. The quantitative estimate of drug-likeness (QED) is 0.571. The topological polar surface area (TPSA) is 58.4 Å². The molecular formula is C15H24BrN3O2. The Morgan fingerprint density at radius 3 is 2.57 bits per heavy atom. The van der Waals surface area contributed by atoms with E-state index in [1.807, 2.05) is 20.2 Å². The Hall–Kier alpha value is -0.980. The van der Waals surface area contributed by atoms with Crippen LogP contribution in [0.25, 0.3) is 0 Å². The van der Waals surface area contributed by atoms with Crippen molar-refractivity contribution in [1.29, 1.82) is 0 Å². The van der Waals surface area contributed by atoms with Crippen molar-refractivity contribution >= 4 is 21.6 Å². The number of nitro groups is 1. The molecule has 1 unspecified atom stereocenters. The van der Waals surface area contributed by atoms with Crippen LogP contribution in [0.5, 0.6) is 0 Å². The summed E-state index contributed by atoms with van der Waals surface area (Å²) in [5, 5.41) is 14.6. The Kier molecular flexibility index (Phi) is 7.28. The molecule has 1 aromatic carbocycles. The lowest BCUT2D eigenvalue weighted by molar-refractivity contribution is -0.385. The van der Waals surface area contributed by atoms with Crippen molar-refractivity contribution in [1.82, 2.24) is 10.2 Å². The standard InChI is InChI=1S/C15H24BrN3O2/c1-11(2)7-14(10-18(3)4)17-9-12-5-6-13(16)8-15(12)19(20)21/h5-6,8,11,14,17H,7,9-10H2,1-4H3. The van der Waals surface area contributed by atoms with Gasteiger partial charge in [0.25, 0.3) is 5.69 Å². The Balaban J connectivity index is 2.77. The zero-order valence-corrected chi connectivity index (χ0v) is 14.7. The molecule has 1 atom stereocenters. The normalized spacial score (nSPS) is 12.9. The van der Waals surface area contributed by atoms with Crippen molar-refractivity contribution in [2.45, 2.75) is 32.9 Å². The molecule has 0 radical (unpaired) electrons. The largest absolute Gasteiger partial charge is 0.308 e. The van der Waals surface area contributed by atoms with E-state index < -0.39 is 0 Å². The predicted molar refractivity (Wildman–Crippen MR) is 89.4 cm³/mol. The number of rotatable bonds is 8. The lowest BCUT2D eigenvalue weighted by atomic mass is 10.0. The third-order valence-corrected chi connectivity index (χ3v) is 3.66. The maximum Gasteiger partial charge on any atom is 0.275 e. The van der Waals surface area contributed by atoms with Gasteiger partial charge in [-0.2, -0.15) is 0 Å². The smallest absolute Gasteiger partial charge is 0.275 e. The van der Waals surface area contributed by atoms with Crippen LogP contribution in [0.3, 0.4) is 0 Å². The number of nitrogens with one attached hydrogen (secondary N) is 1. The van der Waals surface area contributed by atoms with Crippen molar-refractivity contribution < 1.29 is 4.92 Å². The second kappa shape index (κ2) is 8.46. The number of benzene rings is 1. The van der Waals surface area contributed by atoms with E-state index in [9.17, 15) is 10.1 Å². The van der Waals surface area contributed by atoms with Gasteiger partial charge in [-0.15, -0.1) is 0 Å². The molecule has 1 N–H and O–H groups in total. The molecule has 6 heteroatoms. The zero-order valence-electron chi connectivity index (χ0n) is 13.1. The van der Waals surface area contributed by atoms with Crippen molar-refractivity contribution in [2.24, 2.45) is 5.92 Å². The average Bonchev–Trinajstić information content (AvgIpc) is 2.35. The third kappa shape index (κ3) is 6.54. The van der Waals surface area contributed by atoms with E-state index in [2.05, 4.69) is 40.0 Å². The molecule has 0 spiro atoms. The number of hydrogen-bond acceptors (Lipinski definition) is 4. The highest BCUT2D eigenvalue weighted by Crippen LogP contribution is 2.23. The monoisotopic (exact) mass is 357 g/mol. The fourth-order valence-corrected chi connectivity index (χ4v) is 2.69. The zero-order chi connectivity index (χ0) is 16.0. The van der Waals surface area contributed by atoms with Gasteiger partial charge < -0.3 is 10.2 Å². The minimum Gasteiger partial charge on any atom is -0.308 e. The molecule has 1 rings (SSSR count). The van der Waals surface area contributed by atoms with Crippen molar-refractivity contribution in [3.8, 4) is 0 Å². The van der Waals surface area contributed by atoms with Crippen LogP contribution in [-0.4, -0.2) is 36.5 Å². The fourth-order valence-electron chi connectivity index (χ4n) is 2.34. The SMILES string of the molecule is CC(C)CC(CN(C)C)NCc1ccc(Br)cc1[N+](=O)[O-]. The van der Waals surface area contributed by atoms with E-state index in [1.165, 1.54) is 0 Å². The van der Waals surface area contributed by atoms with Crippen LogP contribution in [0.1, 0.15) is 25.8 Å². The van der Waals surface area contributed by atoms with Gasteiger partial charge in [-0.05, 0) is 38.6 Å². The van der Waals surface area contributed by atoms with Crippen LogP contribution in [-0.2, 0) is 6.54 Å². The summed E-state index contributed by atoms with van der Waals surface area (Å²) in [5.41, 5.74) is 0.876. The molecule has 0 amide bonds. The molecule has 0 aliphatic carbocycles. The first-order valence-corrected chi connectivity index (χ1v) is 7.89. The van der Waals surface area contributed by atoms with Crippen molar-refractivity contribution in [2.75, 3.05) is 20.6 Å². The number of likely N-dealkylation sites (N-methyl/N-ethyl adjacent to an activating group) is 1. The minimum atomic E-state index is -0.328. The van der Waals surface area contributed by atoms with Crippen LogP contribution in [0.15, 0.2) is 22.7 Å². The van der Waals surface area contributed by atoms with Crippen molar-refractivity contribution in [3.05, 3.63) is 38.3 Å². The van der Waals surface area contributed by atoms with Crippen LogP contribution in [0.4, 0.5) is 5.69 Å². The molecule has 0 bridgehead atoms. The molecule has 0 aliphatic rings. The molecular weight excluding hydrogens is 334 g/mol. The summed E-state index contributed by atoms with van der Waals surface area (Å²) in [4.78, 5) is 12.9. The van der Waals surface area contributed by atoms with Gasteiger partial charge in [-0.3, -0.25) is 10.1 Å². The van der Waals surface area contributed by atoms with E-state index in [4.69, 9.17) is 0 Å². The summed E-state index contributed by atoms with van der Waals surface area (Å²) in [6.07, 6.45) is 1.04. The van der Waals surface area contributed by atoms with Crippen LogP contribution in [0, 0.1) is 16.0 Å². The molecule has 0 fully saturated rings. The van der Waals surface area contributed by atoms with Crippen molar-refractivity contribution in [3.63, 3.8) is 0 Å². The molecule has 0 saturated carbocycles. The van der Waals surface area contributed by atoms with Gasteiger partial charge in [-0.25, -0.2) is 0 Å². The first-order chi connectivity index (χ1) is 9.79. The Labute approximate surface area is 135 Å². The highest BCUT2D eigenvalue weighted by molar-refractivity contribution is 9.10. The third-order valence-electron chi connectivity index (χ3n) is 3.17. The van der Waals surface area contributed by atoms with Gasteiger partial charge in [0.1, 0.15) is 0 Å². The number of halogens is 1. The maximum atomic E-state index is 11.1. The molecule has 118 valence electrons. The summed E-state index contributed by atoms with van der Waals surface area (Å²) < 4.78 is 0.727. The van der Waals surface area contributed by atoms with E-state index in [-0.39, 0.29) is 10.6 Å². The predicted octanol–water partition coefficient (Wildman–Crippen LogP) is 3.42. The fraction of sp³-hybridized carbons (Fsp3) is 0.600. The van der Waals surface area contributed by atoms with Gasteiger partial charge in [0, 0.05) is 35.2 Å². The lowest BCUT2D eigenvalue weighted by Crippen LogP contribution is -2.38. The van der Waals surface area contributed by atoms with Crippen LogP contribution in [0.2, 0.25) is 0 Å². The average molecular weight is 358 g/mol. The first kappa shape index (κ1) is 18.1. The summed E-state index contributed by atoms with van der Waals surface area (Å²) in [6.45, 7) is 5.80. The number of nitrogens with zero attached hydrogens (tertiary/aromatic N) is 2. The van der Waals surface area contributed by atoms with Crippen LogP contribution < -0.4 is 5.32 Å². The molecule has 0 saturated heterocycles. The molecule has 5 nitrogen and oxygen atoms in total. The highest BCUT2D eigenvalue weighted by atomic mass is 79.9. The maximum absolute atomic E-state index is 11.1. The first-order valence-electron chi connectivity index (χ1n) is 7.10. The Bertz CT molecular complexity index is 468. The molecule has 21 heavy (non-hydrogen) atoms. The van der Waals surface area contributed by atoms with Gasteiger partial charge in [-0.1, -0.05) is 29.8 Å².